The number of hydrogen-bond donors (Lipinski definition) is 1. The van der Waals surface area contributed by atoms with Crippen LogP contribution in [0, 0.1) is 12.7 Å². The number of amides is 1. The molecule has 1 heterocycles. The molecule has 0 saturated carbocycles. The largest absolute Gasteiger partial charge is 0.318 e. The molecule has 5 heteroatoms. The highest BCUT2D eigenvalue weighted by Crippen LogP contribution is 2.24. The normalized spacial score (nSPS) is 13.5. The number of rotatable bonds is 3. The summed E-state index contributed by atoms with van der Waals surface area (Å²) in [6.45, 7) is 1.95. The van der Waals surface area contributed by atoms with Gasteiger partial charge in [-0.1, -0.05) is 42.0 Å². The van der Waals surface area contributed by atoms with Gasteiger partial charge in [-0.25, -0.2) is 9.37 Å². The maximum atomic E-state index is 13.9. The zero-order valence-corrected chi connectivity index (χ0v) is 13.9. The number of nitrogens with zero attached hydrogens (tertiary/aromatic N) is 1. The fourth-order valence-corrected chi connectivity index (χ4v) is 2.70. The van der Waals surface area contributed by atoms with E-state index in [1.165, 1.54) is 12.1 Å². The molecule has 0 fully saturated rings. The number of hydrogen-bond acceptors (Lipinski definition) is 2. The molecular formula is C19H16ClFN2O. The Kier molecular flexibility index (Phi) is 4.76. The van der Waals surface area contributed by atoms with Gasteiger partial charge in [0.1, 0.15) is 5.69 Å². The predicted molar refractivity (Wildman–Crippen MR) is 94.7 cm³/mol. The summed E-state index contributed by atoms with van der Waals surface area (Å²) in [7, 11) is 0. The van der Waals surface area contributed by atoms with Crippen molar-refractivity contribution in [3.05, 3.63) is 76.4 Å². The monoisotopic (exact) mass is 342 g/mol. The predicted octanol–water partition coefficient (Wildman–Crippen LogP) is 5.17. The summed E-state index contributed by atoms with van der Waals surface area (Å²) in [4.78, 5) is 16.9. The zero-order valence-electron chi connectivity index (χ0n) is 13.1. The summed E-state index contributed by atoms with van der Waals surface area (Å²) >= 11 is 5.73. The van der Waals surface area contributed by atoms with Crippen LogP contribution in [0.3, 0.4) is 0 Å². The van der Waals surface area contributed by atoms with Crippen LogP contribution >= 0.6 is 11.6 Å². The van der Waals surface area contributed by atoms with Crippen molar-refractivity contribution in [2.75, 3.05) is 5.32 Å². The third-order valence-electron chi connectivity index (χ3n) is 3.80. The number of pyridine rings is 1. The molecule has 1 aromatic heterocycles. The number of carbonyl (C=O) groups is 1. The van der Waals surface area contributed by atoms with Crippen LogP contribution in [0.4, 0.5) is 10.1 Å². The van der Waals surface area contributed by atoms with Gasteiger partial charge >= 0.3 is 0 Å². The van der Waals surface area contributed by atoms with E-state index in [2.05, 4.69) is 22.5 Å². The van der Waals surface area contributed by atoms with Gasteiger partial charge in [-0.2, -0.15) is 0 Å². The van der Waals surface area contributed by atoms with Crippen molar-refractivity contribution in [3.63, 3.8) is 0 Å². The quantitative estimate of drug-likeness (QED) is 0.836. The van der Waals surface area contributed by atoms with Crippen LogP contribution in [-0.4, -0.2) is 10.9 Å². The van der Waals surface area contributed by atoms with Gasteiger partial charge in [0.05, 0.1) is 16.4 Å². The van der Waals surface area contributed by atoms with E-state index in [4.69, 9.17) is 11.6 Å². The van der Waals surface area contributed by atoms with Crippen molar-refractivity contribution in [1.82, 2.24) is 4.98 Å². The van der Waals surface area contributed by atoms with Crippen molar-refractivity contribution in [3.8, 4) is 0 Å². The summed E-state index contributed by atoms with van der Waals surface area (Å²) in [6.07, 6.45) is 8.17. The van der Waals surface area contributed by atoms with E-state index < -0.39 is 11.7 Å². The minimum absolute atomic E-state index is 0.0354. The first-order valence-corrected chi connectivity index (χ1v) is 8.04. The van der Waals surface area contributed by atoms with Crippen molar-refractivity contribution in [1.29, 1.82) is 0 Å². The summed E-state index contributed by atoms with van der Waals surface area (Å²) in [5.74, 6) is -1.13. The first kappa shape index (κ1) is 16.4. The molecule has 0 spiro atoms. The molecule has 0 bridgehead atoms. The lowest BCUT2D eigenvalue weighted by Crippen LogP contribution is -2.15. The molecule has 1 amide bonds. The highest BCUT2D eigenvalue weighted by molar-refractivity contribution is 6.31. The molecule has 3 rings (SSSR count). The van der Waals surface area contributed by atoms with E-state index in [1.54, 1.807) is 12.1 Å². The topological polar surface area (TPSA) is 42.0 Å². The van der Waals surface area contributed by atoms with Gasteiger partial charge < -0.3 is 5.32 Å². The number of benzene rings is 1. The molecule has 0 unspecified atom stereocenters. The third kappa shape index (κ3) is 3.39. The standard InChI is InChI=1S/C19H16ClFN2O/c1-12-10-11-16(22-18(12)13-6-3-2-4-7-13)19(24)23-15-9-5-8-14(20)17(15)21/h3,5-11H,2,4H2,1H3,(H,23,24). The van der Waals surface area contributed by atoms with Crippen LogP contribution in [0.1, 0.15) is 34.6 Å². The third-order valence-corrected chi connectivity index (χ3v) is 4.09. The lowest BCUT2D eigenvalue weighted by atomic mass is 10.0. The van der Waals surface area contributed by atoms with Crippen LogP contribution in [0.25, 0.3) is 5.57 Å². The SMILES string of the molecule is Cc1ccc(C(=O)Nc2cccc(Cl)c2F)nc1C1=CCCC=C1. The Balaban J connectivity index is 1.89. The van der Waals surface area contributed by atoms with Crippen molar-refractivity contribution >= 4 is 28.8 Å². The second-order valence-electron chi connectivity index (χ2n) is 5.56. The summed E-state index contributed by atoms with van der Waals surface area (Å²) in [6, 6.07) is 7.93. The number of allylic oxidation sites excluding steroid dienone is 4. The van der Waals surface area contributed by atoms with E-state index in [0.29, 0.717) is 0 Å². The van der Waals surface area contributed by atoms with Gasteiger partial charge in [0.25, 0.3) is 5.91 Å². The minimum Gasteiger partial charge on any atom is -0.318 e. The van der Waals surface area contributed by atoms with Crippen LogP contribution in [0.2, 0.25) is 5.02 Å². The summed E-state index contributed by atoms with van der Waals surface area (Å²) in [5, 5.41) is 2.48. The maximum Gasteiger partial charge on any atom is 0.274 e. The molecule has 0 radical (unpaired) electrons. The molecule has 0 aliphatic heterocycles. The van der Waals surface area contributed by atoms with Crippen LogP contribution < -0.4 is 5.32 Å². The fourth-order valence-electron chi connectivity index (χ4n) is 2.52. The molecule has 24 heavy (non-hydrogen) atoms. The average Bonchev–Trinajstić information content (AvgIpc) is 2.60. The van der Waals surface area contributed by atoms with E-state index in [-0.39, 0.29) is 16.4 Å². The molecule has 2 aromatic rings. The number of aromatic nitrogens is 1. The van der Waals surface area contributed by atoms with E-state index in [0.717, 1.165) is 29.7 Å². The van der Waals surface area contributed by atoms with Crippen molar-refractivity contribution < 1.29 is 9.18 Å². The number of nitrogens with one attached hydrogen (secondary N) is 1. The summed E-state index contributed by atoms with van der Waals surface area (Å²) < 4.78 is 13.9. The first-order chi connectivity index (χ1) is 11.6. The van der Waals surface area contributed by atoms with Gasteiger partial charge in [0.15, 0.2) is 5.82 Å². The van der Waals surface area contributed by atoms with Gasteiger partial charge in [-0.15, -0.1) is 0 Å². The smallest absolute Gasteiger partial charge is 0.274 e. The number of carbonyl (C=O) groups excluding carboxylic acids is 1. The van der Waals surface area contributed by atoms with Gasteiger partial charge in [-0.05, 0) is 49.1 Å². The fraction of sp³-hybridized carbons (Fsp3) is 0.158. The van der Waals surface area contributed by atoms with E-state index in [1.807, 2.05) is 19.1 Å². The molecule has 1 aromatic carbocycles. The lowest BCUT2D eigenvalue weighted by Gasteiger charge is -2.12. The lowest BCUT2D eigenvalue weighted by molar-refractivity contribution is 0.102. The van der Waals surface area contributed by atoms with Crippen molar-refractivity contribution in [2.45, 2.75) is 19.8 Å². The second-order valence-corrected chi connectivity index (χ2v) is 5.96. The Morgan fingerprint density at radius 3 is 2.83 bits per heavy atom. The Morgan fingerprint density at radius 2 is 2.08 bits per heavy atom. The van der Waals surface area contributed by atoms with Crippen LogP contribution in [-0.2, 0) is 0 Å². The zero-order chi connectivity index (χ0) is 17.1. The van der Waals surface area contributed by atoms with E-state index >= 15 is 0 Å². The van der Waals surface area contributed by atoms with Crippen LogP contribution in [0.15, 0.2) is 48.6 Å². The first-order valence-electron chi connectivity index (χ1n) is 7.66. The van der Waals surface area contributed by atoms with Crippen LogP contribution in [0.5, 0.6) is 0 Å². The van der Waals surface area contributed by atoms with Crippen molar-refractivity contribution in [2.24, 2.45) is 0 Å². The maximum absolute atomic E-state index is 13.9. The molecule has 1 aliphatic rings. The molecule has 0 saturated heterocycles. The molecule has 0 atom stereocenters. The molecule has 122 valence electrons. The van der Waals surface area contributed by atoms with E-state index in [9.17, 15) is 9.18 Å². The highest BCUT2D eigenvalue weighted by Gasteiger charge is 2.15. The number of anilines is 1. The molecule has 3 nitrogen and oxygen atoms in total. The molecule has 1 aliphatic carbocycles. The highest BCUT2D eigenvalue weighted by atomic mass is 35.5. The van der Waals surface area contributed by atoms with Gasteiger partial charge in [-0.3, -0.25) is 4.79 Å². The Hall–Kier alpha value is -2.46. The Morgan fingerprint density at radius 1 is 1.25 bits per heavy atom. The van der Waals surface area contributed by atoms with Gasteiger partial charge in [0.2, 0.25) is 0 Å². The minimum atomic E-state index is -0.655. The molecular weight excluding hydrogens is 327 g/mol. The Labute approximate surface area is 144 Å². The molecule has 1 N–H and O–H groups in total. The number of aryl methyl sites for hydroxylation is 1. The Bertz CT molecular complexity index is 858. The summed E-state index contributed by atoms with van der Waals surface area (Å²) in [5.41, 5.74) is 3.02. The number of halogens is 2. The average molecular weight is 343 g/mol. The van der Waals surface area contributed by atoms with Gasteiger partial charge in [0, 0.05) is 0 Å². The second kappa shape index (κ2) is 6.97.